The molecule has 3 aromatic rings. The number of anilines is 1. The number of hydrogen-bond donors (Lipinski definition) is 2. The highest BCUT2D eigenvalue weighted by molar-refractivity contribution is 5.73. The van der Waals surface area contributed by atoms with Gasteiger partial charge in [-0.25, -0.2) is 4.98 Å². The van der Waals surface area contributed by atoms with Crippen molar-refractivity contribution in [3.8, 4) is 11.8 Å². The van der Waals surface area contributed by atoms with E-state index in [1.807, 2.05) is 6.07 Å². The Labute approximate surface area is 209 Å². The molecular formula is C24H23N5O8. The number of rotatable bonds is 5. The van der Waals surface area contributed by atoms with Gasteiger partial charge < -0.3 is 24.7 Å². The second kappa shape index (κ2) is 10.5. The molecule has 1 aliphatic heterocycles. The number of hydrogen-bond acceptors (Lipinski definition) is 11. The number of carbonyl (C=O) groups excluding carboxylic acids is 3. The molecule has 13 heteroatoms. The molecular weight excluding hydrogens is 486 g/mol. The van der Waals surface area contributed by atoms with Crippen LogP contribution in [0.4, 0.5) is 5.95 Å². The zero-order valence-electron chi connectivity index (χ0n) is 20.1. The number of nitrogens with one attached hydrogen (secondary N) is 1. The molecule has 2 aromatic heterocycles. The van der Waals surface area contributed by atoms with Crippen molar-refractivity contribution in [2.75, 3.05) is 12.3 Å². The molecule has 1 saturated heterocycles. The average Bonchev–Trinajstić information content (AvgIpc) is 3.34. The van der Waals surface area contributed by atoms with Crippen LogP contribution in [0.15, 0.2) is 35.1 Å². The van der Waals surface area contributed by atoms with Crippen molar-refractivity contribution in [3.05, 3.63) is 52.1 Å². The van der Waals surface area contributed by atoms with Gasteiger partial charge in [-0.05, 0) is 18.1 Å². The molecule has 0 radical (unpaired) electrons. The maximum Gasteiger partial charge on any atom is 0.303 e. The molecule has 1 fully saturated rings. The van der Waals surface area contributed by atoms with Crippen molar-refractivity contribution >= 4 is 35.0 Å². The standard InChI is InChI=1S/C24H23N5O8/c1-12(30)34-11-16-19(35-13(2)31)20(36-14(3)32)23(37-16)29-17(10-9-15-7-5-4-6-8-15)26-18-21(29)27-24(25)28-22(18)33/h4-8,16,19-20,23H,11H2,1-3H3,(H3,25,27,28,33)/t16-,19-,20-,23-/m1/s1. The summed E-state index contributed by atoms with van der Waals surface area (Å²) >= 11 is 0. The van der Waals surface area contributed by atoms with Gasteiger partial charge in [0.05, 0.1) is 0 Å². The highest BCUT2D eigenvalue weighted by Gasteiger charge is 2.51. The van der Waals surface area contributed by atoms with Crippen molar-refractivity contribution in [1.82, 2.24) is 19.5 Å². The van der Waals surface area contributed by atoms with Crippen molar-refractivity contribution < 1.29 is 33.3 Å². The van der Waals surface area contributed by atoms with Crippen LogP contribution in [0.3, 0.4) is 0 Å². The lowest BCUT2D eigenvalue weighted by Gasteiger charge is -2.24. The first-order valence-electron chi connectivity index (χ1n) is 11.1. The Morgan fingerprint density at radius 2 is 1.70 bits per heavy atom. The van der Waals surface area contributed by atoms with E-state index in [-0.39, 0.29) is 29.5 Å². The summed E-state index contributed by atoms with van der Waals surface area (Å²) in [4.78, 5) is 58.9. The summed E-state index contributed by atoms with van der Waals surface area (Å²) in [6.45, 7) is 3.24. The van der Waals surface area contributed by atoms with Gasteiger partial charge in [-0.15, -0.1) is 0 Å². The summed E-state index contributed by atoms with van der Waals surface area (Å²) in [7, 11) is 0. The van der Waals surface area contributed by atoms with Gasteiger partial charge in [0.2, 0.25) is 5.95 Å². The second-order valence-corrected chi connectivity index (χ2v) is 8.06. The molecule has 0 amide bonds. The molecule has 0 saturated carbocycles. The maximum atomic E-state index is 12.6. The minimum Gasteiger partial charge on any atom is -0.463 e. The van der Waals surface area contributed by atoms with Crippen molar-refractivity contribution in [3.63, 3.8) is 0 Å². The largest absolute Gasteiger partial charge is 0.463 e. The summed E-state index contributed by atoms with van der Waals surface area (Å²) in [5, 5.41) is 0. The first-order valence-corrected chi connectivity index (χ1v) is 11.1. The van der Waals surface area contributed by atoms with Crippen molar-refractivity contribution in [2.45, 2.75) is 45.3 Å². The lowest BCUT2D eigenvalue weighted by atomic mass is 10.1. The van der Waals surface area contributed by atoms with Crippen LogP contribution in [-0.2, 0) is 33.3 Å². The lowest BCUT2D eigenvalue weighted by molar-refractivity contribution is -0.166. The van der Waals surface area contributed by atoms with Crippen LogP contribution >= 0.6 is 0 Å². The predicted octanol–water partition coefficient (Wildman–Crippen LogP) is 0.425. The van der Waals surface area contributed by atoms with Crippen LogP contribution in [0.5, 0.6) is 0 Å². The van der Waals surface area contributed by atoms with Gasteiger partial charge in [-0.3, -0.25) is 28.7 Å². The highest BCUT2D eigenvalue weighted by Crippen LogP contribution is 2.36. The third-order valence-electron chi connectivity index (χ3n) is 5.26. The minimum absolute atomic E-state index is 0.00419. The first-order chi connectivity index (χ1) is 17.6. The van der Waals surface area contributed by atoms with E-state index in [1.54, 1.807) is 24.3 Å². The molecule has 4 rings (SSSR count). The van der Waals surface area contributed by atoms with Gasteiger partial charge in [-0.1, -0.05) is 24.1 Å². The number of carbonyl (C=O) groups is 3. The smallest absolute Gasteiger partial charge is 0.303 e. The number of nitrogens with two attached hydrogens (primary N) is 1. The van der Waals surface area contributed by atoms with Crippen LogP contribution in [0, 0.1) is 11.8 Å². The summed E-state index contributed by atoms with van der Waals surface area (Å²) in [6, 6.07) is 9.01. The van der Waals surface area contributed by atoms with E-state index in [4.69, 9.17) is 24.7 Å². The first kappa shape index (κ1) is 25.4. The van der Waals surface area contributed by atoms with Gasteiger partial charge in [0, 0.05) is 26.3 Å². The van der Waals surface area contributed by atoms with E-state index < -0.39 is 48.0 Å². The fraction of sp³-hybridized carbons (Fsp3) is 0.333. The number of H-pyrrole nitrogens is 1. The number of fused-ring (bicyclic) bond motifs is 1. The van der Waals surface area contributed by atoms with Crippen molar-refractivity contribution in [2.24, 2.45) is 0 Å². The minimum atomic E-state index is -1.24. The Bertz CT molecular complexity index is 1470. The number of esters is 3. The zero-order chi connectivity index (χ0) is 26.7. The Balaban J connectivity index is 1.90. The summed E-state index contributed by atoms with van der Waals surface area (Å²) in [5.74, 6) is 3.70. The van der Waals surface area contributed by atoms with Gasteiger partial charge in [0.1, 0.15) is 12.7 Å². The van der Waals surface area contributed by atoms with E-state index in [9.17, 15) is 19.2 Å². The molecule has 3 N–H and O–H groups in total. The van der Waals surface area contributed by atoms with Gasteiger partial charge in [0.15, 0.2) is 35.4 Å². The molecule has 13 nitrogen and oxygen atoms in total. The van der Waals surface area contributed by atoms with Crippen LogP contribution < -0.4 is 11.3 Å². The molecule has 192 valence electrons. The van der Waals surface area contributed by atoms with Gasteiger partial charge in [0.25, 0.3) is 5.56 Å². The Kier molecular flexibility index (Phi) is 7.21. The summed E-state index contributed by atoms with van der Waals surface area (Å²) in [6.07, 6.45) is -4.67. The number of benzene rings is 1. The zero-order valence-corrected chi connectivity index (χ0v) is 20.1. The quantitative estimate of drug-likeness (QED) is 0.277. The molecule has 0 aliphatic carbocycles. The molecule has 1 aromatic carbocycles. The molecule has 0 unspecified atom stereocenters. The second-order valence-electron chi connectivity index (χ2n) is 8.06. The Morgan fingerprint density at radius 3 is 2.35 bits per heavy atom. The van der Waals surface area contributed by atoms with Crippen LogP contribution in [-0.4, -0.2) is 62.3 Å². The third kappa shape index (κ3) is 5.60. The summed E-state index contributed by atoms with van der Waals surface area (Å²) in [5.41, 5.74) is 5.73. The average molecular weight is 509 g/mol. The number of imidazole rings is 1. The number of aromatic amines is 1. The maximum absolute atomic E-state index is 12.6. The highest BCUT2D eigenvalue weighted by atomic mass is 16.7. The Hall–Kier alpha value is -4.70. The van der Waals surface area contributed by atoms with Gasteiger partial charge >= 0.3 is 17.9 Å². The fourth-order valence-electron chi connectivity index (χ4n) is 3.88. The molecule has 4 atom stereocenters. The number of aromatic nitrogens is 4. The van der Waals surface area contributed by atoms with Gasteiger partial charge in [-0.2, -0.15) is 4.98 Å². The summed E-state index contributed by atoms with van der Waals surface area (Å²) < 4.78 is 23.4. The predicted molar refractivity (Wildman–Crippen MR) is 127 cm³/mol. The third-order valence-corrected chi connectivity index (χ3v) is 5.26. The van der Waals surface area contributed by atoms with Crippen molar-refractivity contribution in [1.29, 1.82) is 0 Å². The van der Waals surface area contributed by atoms with Crippen LogP contribution in [0.2, 0.25) is 0 Å². The molecule has 0 spiro atoms. The molecule has 37 heavy (non-hydrogen) atoms. The topological polar surface area (TPSA) is 178 Å². The number of nitrogens with zero attached hydrogens (tertiary/aromatic N) is 3. The monoisotopic (exact) mass is 509 g/mol. The lowest BCUT2D eigenvalue weighted by Crippen LogP contribution is -2.40. The molecule has 3 heterocycles. The SMILES string of the molecule is CC(=O)OC[C@H]1O[C@@H](n2c(C#Cc3ccccc3)nc3c(=O)[nH]c(N)nc32)[C@H](OC(C)=O)[C@@H]1OC(C)=O. The number of nitrogen functional groups attached to an aromatic ring is 1. The van der Waals surface area contributed by atoms with Crippen LogP contribution in [0.25, 0.3) is 11.2 Å². The van der Waals surface area contributed by atoms with E-state index >= 15 is 0 Å². The molecule has 1 aliphatic rings. The van der Waals surface area contributed by atoms with E-state index in [2.05, 4.69) is 26.8 Å². The Morgan fingerprint density at radius 1 is 1.03 bits per heavy atom. The number of ether oxygens (including phenoxy) is 4. The van der Waals surface area contributed by atoms with E-state index in [0.29, 0.717) is 5.56 Å². The van der Waals surface area contributed by atoms with E-state index in [1.165, 1.54) is 25.3 Å². The normalized spacial score (nSPS) is 20.6. The van der Waals surface area contributed by atoms with E-state index in [0.717, 1.165) is 0 Å². The fourth-order valence-corrected chi connectivity index (χ4v) is 3.88. The molecule has 0 bridgehead atoms. The van der Waals surface area contributed by atoms with Crippen LogP contribution in [0.1, 0.15) is 38.4 Å².